The smallest absolute Gasteiger partial charge is 0.227 e. The van der Waals surface area contributed by atoms with Crippen molar-refractivity contribution in [2.45, 2.75) is 12.5 Å². The zero-order valence-corrected chi connectivity index (χ0v) is 13.6. The van der Waals surface area contributed by atoms with Crippen LogP contribution in [-0.4, -0.2) is 60.3 Å². The van der Waals surface area contributed by atoms with E-state index in [2.05, 4.69) is 30.2 Å². The number of methoxy groups -OCH3 is 1. The molecule has 1 unspecified atom stereocenters. The highest BCUT2D eigenvalue weighted by Crippen LogP contribution is 2.20. The second-order valence-electron chi connectivity index (χ2n) is 5.61. The van der Waals surface area contributed by atoms with Crippen LogP contribution in [0.15, 0.2) is 24.5 Å². The maximum absolute atomic E-state index is 5.12. The van der Waals surface area contributed by atoms with Crippen molar-refractivity contribution >= 4 is 17.7 Å². The van der Waals surface area contributed by atoms with Crippen LogP contribution < -0.4 is 19.9 Å². The van der Waals surface area contributed by atoms with E-state index < -0.39 is 0 Å². The topological polar surface area (TPSA) is 79.3 Å². The normalized spacial score (nSPS) is 17.2. The molecule has 122 valence electrons. The molecule has 1 aliphatic rings. The molecule has 3 heterocycles. The molecule has 8 nitrogen and oxygen atoms in total. The molecule has 0 aliphatic carbocycles. The van der Waals surface area contributed by atoms with Crippen molar-refractivity contribution in [3.8, 4) is 5.88 Å². The SMILES string of the molecule is COc1ccnc(NC2CCN(c3nccc(N(C)C)n3)C2)n1. The molecule has 23 heavy (non-hydrogen) atoms. The van der Waals surface area contributed by atoms with Gasteiger partial charge in [0.25, 0.3) is 0 Å². The van der Waals surface area contributed by atoms with E-state index in [1.807, 2.05) is 25.1 Å². The number of anilines is 3. The van der Waals surface area contributed by atoms with Crippen molar-refractivity contribution in [3.05, 3.63) is 24.5 Å². The van der Waals surface area contributed by atoms with Gasteiger partial charge in [-0.1, -0.05) is 0 Å². The van der Waals surface area contributed by atoms with E-state index in [1.54, 1.807) is 25.6 Å². The van der Waals surface area contributed by atoms with Crippen LogP contribution in [0.4, 0.5) is 17.7 Å². The lowest BCUT2D eigenvalue weighted by Crippen LogP contribution is -2.28. The molecule has 0 radical (unpaired) electrons. The first-order valence-corrected chi connectivity index (χ1v) is 7.54. The lowest BCUT2D eigenvalue weighted by atomic mass is 10.3. The Labute approximate surface area is 135 Å². The molecule has 1 fully saturated rings. The number of aromatic nitrogens is 4. The van der Waals surface area contributed by atoms with Crippen LogP contribution in [0.25, 0.3) is 0 Å². The van der Waals surface area contributed by atoms with Gasteiger partial charge in [0.05, 0.1) is 7.11 Å². The molecule has 0 bridgehead atoms. The van der Waals surface area contributed by atoms with E-state index in [0.29, 0.717) is 11.8 Å². The van der Waals surface area contributed by atoms with Gasteiger partial charge >= 0.3 is 0 Å². The molecular weight excluding hydrogens is 294 g/mol. The summed E-state index contributed by atoms with van der Waals surface area (Å²) in [5.74, 6) is 2.80. The second kappa shape index (κ2) is 6.64. The van der Waals surface area contributed by atoms with Crippen molar-refractivity contribution in [3.63, 3.8) is 0 Å². The fraction of sp³-hybridized carbons (Fsp3) is 0.467. The minimum absolute atomic E-state index is 0.258. The van der Waals surface area contributed by atoms with E-state index in [0.717, 1.165) is 31.3 Å². The third-order valence-corrected chi connectivity index (χ3v) is 3.73. The molecule has 2 aromatic rings. The minimum atomic E-state index is 0.258. The highest BCUT2D eigenvalue weighted by atomic mass is 16.5. The molecular formula is C15H21N7O. The summed E-state index contributed by atoms with van der Waals surface area (Å²) in [6.45, 7) is 1.72. The third kappa shape index (κ3) is 3.58. The number of nitrogens with one attached hydrogen (secondary N) is 1. The zero-order chi connectivity index (χ0) is 16.2. The Morgan fingerprint density at radius 3 is 2.83 bits per heavy atom. The summed E-state index contributed by atoms with van der Waals surface area (Å²) >= 11 is 0. The number of ether oxygens (including phenoxy) is 1. The zero-order valence-electron chi connectivity index (χ0n) is 13.6. The lowest BCUT2D eigenvalue weighted by Gasteiger charge is -2.19. The summed E-state index contributed by atoms with van der Waals surface area (Å²) in [7, 11) is 5.54. The summed E-state index contributed by atoms with van der Waals surface area (Å²) in [6, 6.07) is 3.89. The standard InChI is InChI=1S/C15H21N7O/c1-21(2)12-4-7-17-15(19-12)22-9-6-11(10-22)18-14-16-8-5-13(20-14)23-3/h4-5,7-8,11H,6,9-10H2,1-3H3,(H,16,18,20). The molecule has 1 atom stereocenters. The van der Waals surface area contributed by atoms with Gasteiger partial charge in [-0.25, -0.2) is 9.97 Å². The average Bonchev–Trinajstić information content (AvgIpc) is 3.03. The van der Waals surface area contributed by atoms with Crippen LogP contribution in [0.2, 0.25) is 0 Å². The second-order valence-corrected chi connectivity index (χ2v) is 5.61. The summed E-state index contributed by atoms with van der Waals surface area (Å²) in [5, 5.41) is 3.34. The van der Waals surface area contributed by atoms with Gasteiger partial charge in [-0.15, -0.1) is 0 Å². The Morgan fingerprint density at radius 1 is 1.22 bits per heavy atom. The van der Waals surface area contributed by atoms with Crippen LogP contribution in [0, 0.1) is 0 Å². The summed E-state index contributed by atoms with van der Waals surface area (Å²) in [5.41, 5.74) is 0. The molecule has 8 heteroatoms. The maximum Gasteiger partial charge on any atom is 0.227 e. The van der Waals surface area contributed by atoms with Crippen molar-refractivity contribution in [2.24, 2.45) is 0 Å². The first-order chi connectivity index (χ1) is 11.2. The van der Waals surface area contributed by atoms with Gasteiger partial charge in [-0.2, -0.15) is 9.97 Å². The molecule has 1 saturated heterocycles. The molecule has 3 rings (SSSR count). The van der Waals surface area contributed by atoms with Crippen LogP contribution in [0.3, 0.4) is 0 Å². The molecule has 0 saturated carbocycles. The van der Waals surface area contributed by atoms with Crippen LogP contribution in [-0.2, 0) is 0 Å². The summed E-state index contributed by atoms with van der Waals surface area (Å²) in [4.78, 5) is 21.6. The van der Waals surface area contributed by atoms with Gasteiger partial charge in [0.2, 0.25) is 17.8 Å². The van der Waals surface area contributed by atoms with Crippen molar-refractivity contribution in [1.29, 1.82) is 0 Å². The van der Waals surface area contributed by atoms with Crippen LogP contribution >= 0.6 is 0 Å². The van der Waals surface area contributed by atoms with Gasteiger partial charge in [-0.05, 0) is 12.5 Å². The third-order valence-electron chi connectivity index (χ3n) is 3.73. The highest BCUT2D eigenvalue weighted by molar-refractivity contribution is 5.44. The maximum atomic E-state index is 5.12. The molecule has 1 N–H and O–H groups in total. The van der Waals surface area contributed by atoms with E-state index in [1.165, 1.54) is 0 Å². The van der Waals surface area contributed by atoms with Gasteiger partial charge in [0.15, 0.2) is 0 Å². The fourth-order valence-electron chi connectivity index (χ4n) is 2.51. The van der Waals surface area contributed by atoms with Gasteiger partial charge in [0.1, 0.15) is 5.82 Å². The molecule has 2 aromatic heterocycles. The molecule has 0 amide bonds. The average molecular weight is 315 g/mol. The monoisotopic (exact) mass is 315 g/mol. The van der Waals surface area contributed by atoms with Crippen molar-refractivity contribution in [2.75, 3.05) is 49.4 Å². The van der Waals surface area contributed by atoms with Gasteiger partial charge in [0, 0.05) is 51.7 Å². The van der Waals surface area contributed by atoms with Crippen LogP contribution in [0.5, 0.6) is 5.88 Å². The molecule has 1 aliphatic heterocycles. The van der Waals surface area contributed by atoms with Crippen molar-refractivity contribution < 1.29 is 4.74 Å². The Bertz CT molecular complexity index is 664. The van der Waals surface area contributed by atoms with Gasteiger partial charge in [-0.3, -0.25) is 0 Å². The van der Waals surface area contributed by atoms with Crippen molar-refractivity contribution in [1.82, 2.24) is 19.9 Å². The Kier molecular flexibility index (Phi) is 4.40. The van der Waals surface area contributed by atoms with E-state index >= 15 is 0 Å². The molecule has 0 aromatic carbocycles. The predicted octanol–water partition coefficient (Wildman–Crippen LogP) is 1.03. The van der Waals surface area contributed by atoms with E-state index in [4.69, 9.17) is 4.74 Å². The van der Waals surface area contributed by atoms with Gasteiger partial charge < -0.3 is 19.9 Å². The Balaban J connectivity index is 1.65. The number of nitrogens with zero attached hydrogens (tertiary/aromatic N) is 6. The number of rotatable bonds is 5. The summed E-state index contributed by atoms with van der Waals surface area (Å²) in [6.07, 6.45) is 4.46. The number of hydrogen-bond donors (Lipinski definition) is 1. The fourth-order valence-corrected chi connectivity index (χ4v) is 2.51. The quantitative estimate of drug-likeness (QED) is 0.876. The minimum Gasteiger partial charge on any atom is -0.481 e. The first-order valence-electron chi connectivity index (χ1n) is 7.54. The molecule has 0 spiro atoms. The van der Waals surface area contributed by atoms with E-state index in [-0.39, 0.29) is 6.04 Å². The number of hydrogen-bond acceptors (Lipinski definition) is 8. The summed E-state index contributed by atoms with van der Waals surface area (Å²) < 4.78 is 5.12. The lowest BCUT2D eigenvalue weighted by molar-refractivity contribution is 0.397. The Morgan fingerprint density at radius 2 is 2.04 bits per heavy atom. The first kappa shape index (κ1) is 15.3. The van der Waals surface area contributed by atoms with Crippen LogP contribution in [0.1, 0.15) is 6.42 Å². The largest absolute Gasteiger partial charge is 0.481 e. The predicted molar refractivity (Wildman–Crippen MR) is 89.2 cm³/mol. The Hall–Kier alpha value is -2.64. The van der Waals surface area contributed by atoms with E-state index in [9.17, 15) is 0 Å². The highest BCUT2D eigenvalue weighted by Gasteiger charge is 2.25.